The van der Waals surface area contributed by atoms with Crippen molar-refractivity contribution in [3.8, 4) is 11.5 Å². The number of carbonyl (C=O) groups excluding carboxylic acids is 1. The van der Waals surface area contributed by atoms with Crippen LogP contribution in [0.25, 0.3) is 0 Å². The number of carbonyl (C=O) groups is 1. The number of benzene rings is 1. The average Bonchev–Trinajstić information content (AvgIpc) is 2.94. The molecule has 0 bridgehead atoms. The number of ether oxygens (including phenoxy) is 2. The zero-order valence-electron chi connectivity index (χ0n) is 18.4. The minimum absolute atomic E-state index is 0. The largest absolute Gasteiger partial charge is 0.490 e. The third-order valence-corrected chi connectivity index (χ3v) is 5.13. The third-order valence-electron chi connectivity index (χ3n) is 4.13. The molecule has 0 radical (unpaired) electrons. The molecule has 1 aromatic heterocycles. The lowest BCUT2D eigenvalue weighted by Gasteiger charge is -2.20. The van der Waals surface area contributed by atoms with Crippen LogP contribution in [0.2, 0.25) is 0 Å². The van der Waals surface area contributed by atoms with Crippen LogP contribution in [0.3, 0.4) is 0 Å². The van der Waals surface area contributed by atoms with Crippen LogP contribution >= 0.6 is 35.3 Å². The van der Waals surface area contributed by atoms with E-state index in [9.17, 15) is 4.79 Å². The lowest BCUT2D eigenvalue weighted by atomic mass is 10.1. The Bertz CT molecular complexity index is 908. The minimum atomic E-state index is -0.295. The summed E-state index contributed by atoms with van der Waals surface area (Å²) in [6, 6.07) is 9.87. The number of aliphatic imine (C=N–C) groups is 1. The van der Waals surface area contributed by atoms with Crippen molar-refractivity contribution < 1.29 is 14.3 Å². The predicted octanol–water partition coefficient (Wildman–Crippen LogP) is 4.31. The molecule has 170 valence electrons. The molecule has 3 N–H and O–H groups in total. The van der Waals surface area contributed by atoms with Gasteiger partial charge in [0.25, 0.3) is 0 Å². The van der Waals surface area contributed by atoms with E-state index in [0.717, 1.165) is 17.9 Å². The van der Waals surface area contributed by atoms with Gasteiger partial charge in [-0.15, -0.1) is 35.3 Å². The van der Waals surface area contributed by atoms with Crippen molar-refractivity contribution in [2.75, 3.05) is 25.1 Å². The van der Waals surface area contributed by atoms with E-state index in [1.165, 1.54) is 9.75 Å². The van der Waals surface area contributed by atoms with Gasteiger partial charge in [0, 0.05) is 33.5 Å². The smallest absolute Gasteiger partial charge is 0.242 e. The summed E-state index contributed by atoms with van der Waals surface area (Å²) in [5.74, 6) is 1.84. The topological polar surface area (TPSA) is 84.0 Å². The molecule has 0 aliphatic carbocycles. The van der Waals surface area contributed by atoms with Crippen molar-refractivity contribution in [3.05, 3.63) is 40.1 Å². The summed E-state index contributed by atoms with van der Waals surface area (Å²) in [5, 5.41) is 9.51. The Morgan fingerprint density at radius 2 is 1.87 bits per heavy atom. The number of anilines is 1. The summed E-state index contributed by atoms with van der Waals surface area (Å²) in [6.45, 7) is 9.85. The van der Waals surface area contributed by atoms with Gasteiger partial charge >= 0.3 is 0 Å². The van der Waals surface area contributed by atoms with E-state index in [1.54, 1.807) is 11.3 Å². The van der Waals surface area contributed by atoms with Crippen LogP contribution in [0, 0.1) is 6.92 Å². The SMILES string of the molecule is Cc1ccc(CNC(=NCC(=O)NC(C)(C)C)Nc2ccc3c(c2)OCCCO3)s1.I. The van der Waals surface area contributed by atoms with Gasteiger partial charge < -0.3 is 25.4 Å². The molecule has 7 nitrogen and oxygen atoms in total. The Balaban J connectivity index is 0.00000341. The Kier molecular flexibility index (Phi) is 9.42. The summed E-state index contributed by atoms with van der Waals surface area (Å²) in [5.41, 5.74) is 0.514. The number of thiophene rings is 1. The Morgan fingerprint density at radius 3 is 2.55 bits per heavy atom. The van der Waals surface area contributed by atoms with Crippen molar-refractivity contribution in [2.24, 2.45) is 4.99 Å². The molecule has 1 aromatic carbocycles. The molecule has 0 spiro atoms. The van der Waals surface area contributed by atoms with Gasteiger partial charge in [-0.2, -0.15) is 0 Å². The second-order valence-electron chi connectivity index (χ2n) is 8.17. The maximum Gasteiger partial charge on any atom is 0.242 e. The zero-order chi connectivity index (χ0) is 21.6. The number of hydrogen-bond donors (Lipinski definition) is 3. The monoisotopic (exact) mass is 558 g/mol. The van der Waals surface area contributed by atoms with Gasteiger partial charge in [-0.25, -0.2) is 4.99 Å². The molecular weight excluding hydrogens is 527 g/mol. The standard InChI is InChI=1S/C22H30N4O3S.HI/c1-15-6-8-17(30-15)13-23-21(24-14-20(27)26-22(2,3)4)25-16-7-9-18-19(12-16)29-11-5-10-28-18;/h6-9,12H,5,10-11,13-14H2,1-4H3,(H,26,27)(H2,23,24,25);1H. The first-order chi connectivity index (χ1) is 14.3. The van der Waals surface area contributed by atoms with E-state index in [-0.39, 0.29) is 42.0 Å². The quantitative estimate of drug-likeness (QED) is 0.290. The molecular formula is C22H31IN4O3S. The number of rotatable bonds is 5. The third kappa shape index (κ3) is 8.56. The first kappa shape index (κ1) is 25.3. The highest BCUT2D eigenvalue weighted by Gasteiger charge is 2.14. The van der Waals surface area contributed by atoms with E-state index < -0.39 is 0 Å². The van der Waals surface area contributed by atoms with E-state index in [4.69, 9.17) is 9.47 Å². The highest BCUT2D eigenvalue weighted by Crippen LogP contribution is 2.32. The van der Waals surface area contributed by atoms with Crippen molar-refractivity contribution in [1.29, 1.82) is 0 Å². The maximum atomic E-state index is 12.2. The van der Waals surface area contributed by atoms with Gasteiger partial charge in [-0.05, 0) is 52.0 Å². The molecule has 1 aliphatic rings. The lowest BCUT2D eigenvalue weighted by Crippen LogP contribution is -2.42. The van der Waals surface area contributed by atoms with Crippen molar-refractivity contribution >= 4 is 52.9 Å². The van der Waals surface area contributed by atoms with Gasteiger partial charge in [-0.3, -0.25) is 4.79 Å². The summed E-state index contributed by atoms with van der Waals surface area (Å²) in [4.78, 5) is 19.1. The Hall–Kier alpha value is -2.01. The number of amides is 1. The molecule has 0 atom stereocenters. The van der Waals surface area contributed by atoms with Crippen LogP contribution < -0.4 is 25.4 Å². The summed E-state index contributed by atoms with van der Waals surface area (Å²) < 4.78 is 11.5. The van der Waals surface area contributed by atoms with Crippen molar-refractivity contribution in [3.63, 3.8) is 0 Å². The van der Waals surface area contributed by atoms with E-state index >= 15 is 0 Å². The molecule has 9 heteroatoms. The van der Waals surface area contributed by atoms with E-state index in [0.29, 0.717) is 31.5 Å². The predicted molar refractivity (Wildman–Crippen MR) is 137 cm³/mol. The number of nitrogens with zero attached hydrogens (tertiary/aromatic N) is 1. The van der Waals surface area contributed by atoms with E-state index in [2.05, 4.69) is 40.0 Å². The van der Waals surface area contributed by atoms with Gasteiger partial charge in [0.05, 0.1) is 19.8 Å². The molecule has 0 saturated heterocycles. The molecule has 0 fully saturated rings. The molecule has 31 heavy (non-hydrogen) atoms. The summed E-state index contributed by atoms with van der Waals surface area (Å²) in [6.07, 6.45) is 0.856. The molecule has 1 aliphatic heterocycles. The highest BCUT2D eigenvalue weighted by atomic mass is 127. The van der Waals surface area contributed by atoms with Crippen LogP contribution in [0.4, 0.5) is 5.69 Å². The van der Waals surface area contributed by atoms with Gasteiger partial charge in [-0.1, -0.05) is 0 Å². The van der Waals surface area contributed by atoms with Crippen LogP contribution in [0.1, 0.15) is 36.9 Å². The molecule has 0 unspecified atom stereocenters. The number of hydrogen-bond acceptors (Lipinski definition) is 5. The summed E-state index contributed by atoms with van der Waals surface area (Å²) >= 11 is 1.73. The molecule has 2 aromatic rings. The van der Waals surface area contributed by atoms with Crippen LogP contribution in [0.15, 0.2) is 35.3 Å². The Morgan fingerprint density at radius 1 is 1.13 bits per heavy atom. The van der Waals surface area contributed by atoms with Gasteiger partial charge in [0.15, 0.2) is 17.5 Å². The van der Waals surface area contributed by atoms with Crippen LogP contribution in [-0.4, -0.2) is 37.2 Å². The number of halogens is 1. The van der Waals surface area contributed by atoms with Crippen molar-refractivity contribution in [2.45, 2.75) is 46.2 Å². The van der Waals surface area contributed by atoms with Crippen LogP contribution in [-0.2, 0) is 11.3 Å². The van der Waals surface area contributed by atoms with Gasteiger partial charge in [0.2, 0.25) is 5.91 Å². The number of aryl methyl sites for hydroxylation is 1. The second-order valence-corrected chi connectivity index (χ2v) is 9.54. The Labute approximate surface area is 205 Å². The number of guanidine groups is 1. The fraction of sp³-hybridized carbons (Fsp3) is 0.455. The maximum absolute atomic E-state index is 12.2. The average molecular weight is 558 g/mol. The molecule has 3 rings (SSSR count). The van der Waals surface area contributed by atoms with Crippen molar-refractivity contribution in [1.82, 2.24) is 10.6 Å². The highest BCUT2D eigenvalue weighted by molar-refractivity contribution is 14.0. The second kappa shape index (κ2) is 11.6. The molecule has 0 saturated carbocycles. The van der Waals surface area contributed by atoms with Gasteiger partial charge in [0.1, 0.15) is 6.54 Å². The first-order valence-corrected chi connectivity index (χ1v) is 10.9. The zero-order valence-corrected chi connectivity index (χ0v) is 21.6. The lowest BCUT2D eigenvalue weighted by molar-refractivity contribution is -0.121. The number of nitrogens with one attached hydrogen (secondary N) is 3. The first-order valence-electron chi connectivity index (χ1n) is 10.1. The normalized spacial score (nSPS) is 13.6. The fourth-order valence-electron chi connectivity index (χ4n) is 2.88. The van der Waals surface area contributed by atoms with Crippen LogP contribution in [0.5, 0.6) is 11.5 Å². The fourth-order valence-corrected chi connectivity index (χ4v) is 3.71. The number of fused-ring (bicyclic) bond motifs is 1. The molecule has 2 heterocycles. The minimum Gasteiger partial charge on any atom is -0.490 e. The summed E-state index contributed by atoms with van der Waals surface area (Å²) in [7, 11) is 0. The molecule has 1 amide bonds. The van der Waals surface area contributed by atoms with E-state index in [1.807, 2.05) is 39.0 Å².